The number of allylic oxidation sites excluding steroid dienone is 1. The summed E-state index contributed by atoms with van der Waals surface area (Å²) in [7, 11) is -1.95. The van der Waals surface area contributed by atoms with Gasteiger partial charge in [0.2, 0.25) is 0 Å². The van der Waals surface area contributed by atoms with Crippen molar-refractivity contribution in [2.75, 3.05) is 0 Å². The predicted octanol–water partition coefficient (Wildman–Crippen LogP) is 6.12. The van der Waals surface area contributed by atoms with Gasteiger partial charge in [-0.1, -0.05) is 61.1 Å². The van der Waals surface area contributed by atoms with E-state index < -0.39 is 13.9 Å². The number of carbonyl (C=O) groups excluding carboxylic acids is 1. The highest BCUT2D eigenvalue weighted by Gasteiger charge is 2.48. The molecule has 0 fully saturated rings. The van der Waals surface area contributed by atoms with E-state index in [-0.39, 0.29) is 28.9 Å². The van der Waals surface area contributed by atoms with E-state index in [1.807, 2.05) is 19.9 Å². The topological polar surface area (TPSA) is 35.5 Å². The normalized spacial score (nSPS) is 25.4. The quantitative estimate of drug-likeness (QED) is 0.303. The van der Waals surface area contributed by atoms with Gasteiger partial charge in [0.25, 0.3) is 0 Å². The monoisotopic (exact) mass is 380 g/mol. The molecule has 0 amide bonds. The van der Waals surface area contributed by atoms with Gasteiger partial charge in [0.05, 0.1) is 12.0 Å². The Kier molecular flexibility index (Phi) is 7.51. The van der Waals surface area contributed by atoms with Gasteiger partial charge >= 0.3 is 5.97 Å². The minimum atomic E-state index is -1.95. The zero-order chi connectivity index (χ0) is 20.3. The minimum Gasteiger partial charge on any atom is -0.450 e. The molecule has 0 aromatic carbocycles. The first kappa shape index (κ1) is 23.2. The number of esters is 1. The van der Waals surface area contributed by atoms with Gasteiger partial charge in [-0.15, -0.1) is 0 Å². The molecule has 0 radical (unpaired) electrons. The van der Waals surface area contributed by atoms with E-state index in [2.05, 4.69) is 60.4 Å². The van der Waals surface area contributed by atoms with E-state index in [1.54, 1.807) is 6.08 Å². The Bertz CT molecular complexity index is 528. The van der Waals surface area contributed by atoms with Crippen LogP contribution in [0.3, 0.4) is 0 Å². The second-order valence-electron chi connectivity index (χ2n) is 9.81. The van der Waals surface area contributed by atoms with E-state index in [0.29, 0.717) is 5.92 Å². The molecular weight excluding hydrogens is 340 g/mol. The number of hydrogen-bond acceptors (Lipinski definition) is 3. The van der Waals surface area contributed by atoms with Crippen molar-refractivity contribution in [3.8, 4) is 0 Å². The zero-order valence-corrected chi connectivity index (χ0v) is 19.4. The van der Waals surface area contributed by atoms with E-state index in [0.717, 1.165) is 12.8 Å². The largest absolute Gasteiger partial charge is 0.450 e. The standard InChI is InChI=1S/C22H40O3Si/c1-11-22(24-20(23)17(4)5)15-13-12-14-18(22)19(16(2)3)25-26(9,10)21(6,7)8/h11,13,15-19H,1,12,14H2,2-10H3/t18-,19-,22+/m0/s1. The van der Waals surface area contributed by atoms with Crippen molar-refractivity contribution in [2.45, 2.75) is 91.1 Å². The van der Waals surface area contributed by atoms with Crippen LogP contribution in [0.5, 0.6) is 0 Å². The van der Waals surface area contributed by atoms with E-state index in [4.69, 9.17) is 9.16 Å². The van der Waals surface area contributed by atoms with E-state index in [1.165, 1.54) is 0 Å². The average Bonchev–Trinajstić information content (AvgIpc) is 2.51. The molecule has 1 aliphatic rings. The van der Waals surface area contributed by atoms with Crippen LogP contribution in [0.15, 0.2) is 24.8 Å². The highest BCUT2D eigenvalue weighted by Crippen LogP contribution is 2.44. The molecule has 0 spiro atoms. The summed E-state index contributed by atoms with van der Waals surface area (Å²) in [5, 5.41) is 0.135. The third-order valence-corrected chi connectivity index (χ3v) is 10.4. The Morgan fingerprint density at radius 2 is 1.85 bits per heavy atom. The van der Waals surface area contributed by atoms with Crippen LogP contribution in [0.2, 0.25) is 18.1 Å². The van der Waals surface area contributed by atoms with Gasteiger partial charge in [-0.2, -0.15) is 0 Å². The first-order chi connectivity index (χ1) is 11.8. The molecule has 0 aromatic rings. The van der Waals surface area contributed by atoms with Gasteiger partial charge in [0.15, 0.2) is 13.9 Å². The molecule has 0 heterocycles. The highest BCUT2D eigenvalue weighted by molar-refractivity contribution is 6.74. The van der Waals surface area contributed by atoms with Crippen LogP contribution in [0.1, 0.15) is 61.3 Å². The van der Waals surface area contributed by atoms with E-state index >= 15 is 0 Å². The van der Waals surface area contributed by atoms with Crippen molar-refractivity contribution in [1.82, 2.24) is 0 Å². The van der Waals surface area contributed by atoms with Crippen molar-refractivity contribution < 1.29 is 14.0 Å². The predicted molar refractivity (Wildman–Crippen MR) is 113 cm³/mol. The average molecular weight is 381 g/mol. The summed E-state index contributed by atoms with van der Waals surface area (Å²) >= 11 is 0. The third-order valence-electron chi connectivity index (χ3n) is 5.96. The minimum absolute atomic E-state index is 0.0267. The molecule has 4 heteroatoms. The van der Waals surface area contributed by atoms with Crippen molar-refractivity contribution >= 4 is 14.3 Å². The fourth-order valence-corrected chi connectivity index (χ4v) is 4.65. The molecule has 0 bridgehead atoms. The lowest BCUT2D eigenvalue weighted by molar-refractivity contribution is -0.163. The molecule has 1 aliphatic carbocycles. The highest BCUT2D eigenvalue weighted by atomic mass is 28.4. The fraction of sp³-hybridized carbons (Fsp3) is 0.773. The summed E-state index contributed by atoms with van der Waals surface area (Å²) < 4.78 is 12.9. The lowest BCUT2D eigenvalue weighted by atomic mass is 9.73. The van der Waals surface area contributed by atoms with Crippen molar-refractivity contribution in [3.63, 3.8) is 0 Å². The molecule has 150 valence electrons. The van der Waals surface area contributed by atoms with Gasteiger partial charge in [-0.05, 0) is 49.0 Å². The van der Waals surface area contributed by atoms with Crippen LogP contribution in [0.4, 0.5) is 0 Å². The molecule has 3 nitrogen and oxygen atoms in total. The summed E-state index contributed by atoms with van der Waals surface area (Å²) in [6.45, 7) is 23.5. The van der Waals surface area contributed by atoms with Gasteiger partial charge in [0, 0.05) is 5.92 Å². The van der Waals surface area contributed by atoms with Crippen LogP contribution in [0.25, 0.3) is 0 Å². The van der Waals surface area contributed by atoms with Gasteiger partial charge in [-0.3, -0.25) is 4.79 Å². The summed E-state index contributed by atoms with van der Waals surface area (Å²) in [6, 6.07) is 0. The molecule has 0 saturated carbocycles. The molecule has 3 atom stereocenters. The van der Waals surface area contributed by atoms with Crippen LogP contribution in [-0.4, -0.2) is 26.0 Å². The number of ether oxygens (including phenoxy) is 1. The second-order valence-corrected chi connectivity index (χ2v) is 14.6. The Hall–Kier alpha value is -0.873. The lowest BCUT2D eigenvalue weighted by Gasteiger charge is -2.48. The summed E-state index contributed by atoms with van der Waals surface area (Å²) in [6.07, 6.45) is 7.88. The van der Waals surface area contributed by atoms with Crippen molar-refractivity contribution in [1.29, 1.82) is 0 Å². The molecule has 0 N–H and O–H groups in total. The summed E-state index contributed by atoms with van der Waals surface area (Å²) in [4.78, 5) is 12.4. The zero-order valence-electron chi connectivity index (χ0n) is 18.4. The summed E-state index contributed by atoms with van der Waals surface area (Å²) in [5.74, 6) is 0.0671. The van der Waals surface area contributed by atoms with Gasteiger partial charge < -0.3 is 9.16 Å². The van der Waals surface area contributed by atoms with E-state index in [9.17, 15) is 4.79 Å². The second kappa shape index (κ2) is 8.43. The van der Waals surface area contributed by atoms with Gasteiger partial charge in [-0.25, -0.2) is 0 Å². The van der Waals surface area contributed by atoms with Crippen LogP contribution >= 0.6 is 0 Å². The lowest BCUT2D eigenvalue weighted by Crippen LogP contribution is -2.54. The van der Waals surface area contributed by atoms with Crippen LogP contribution < -0.4 is 0 Å². The SMILES string of the molecule is C=C[C@@]1(OC(=O)C(C)C)C=CCC[C@H]1[C@@H](O[Si](C)(C)C(C)(C)C)C(C)C. The molecular formula is C22H40O3Si. The Morgan fingerprint density at radius 1 is 1.27 bits per heavy atom. The Morgan fingerprint density at radius 3 is 2.27 bits per heavy atom. The third kappa shape index (κ3) is 5.10. The fourth-order valence-electron chi connectivity index (χ4n) is 3.18. The first-order valence-corrected chi connectivity index (χ1v) is 12.9. The molecule has 26 heavy (non-hydrogen) atoms. The van der Waals surface area contributed by atoms with Crippen LogP contribution in [0, 0.1) is 17.8 Å². The maximum atomic E-state index is 12.4. The van der Waals surface area contributed by atoms with Gasteiger partial charge in [0.1, 0.15) is 0 Å². The number of hydrogen-bond donors (Lipinski definition) is 0. The van der Waals surface area contributed by atoms with Crippen molar-refractivity contribution in [3.05, 3.63) is 24.8 Å². The molecule has 0 aliphatic heterocycles. The number of carbonyl (C=O) groups is 1. The smallest absolute Gasteiger partial charge is 0.309 e. The Balaban J connectivity index is 3.27. The molecule has 0 aromatic heterocycles. The van der Waals surface area contributed by atoms with Crippen molar-refractivity contribution in [2.24, 2.45) is 17.8 Å². The Labute approximate surface area is 162 Å². The summed E-state index contributed by atoms with van der Waals surface area (Å²) in [5.41, 5.74) is -0.781. The van der Waals surface area contributed by atoms with Crippen LogP contribution in [-0.2, 0) is 14.0 Å². The molecule has 1 rings (SSSR count). The molecule has 0 saturated heterocycles. The maximum Gasteiger partial charge on any atom is 0.309 e. The molecule has 0 unspecified atom stereocenters. The first-order valence-electron chi connectivity index (χ1n) is 9.99. The number of rotatable bonds is 7. The maximum absolute atomic E-state index is 12.4.